The van der Waals surface area contributed by atoms with Crippen molar-refractivity contribution in [2.24, 2.45) is 0 Å². The van der Waals surface area contributed by atoms with Crippen LogP contribution in [0, 0.1) is 0 Å². The summed E-state index contributed by atoms with van der Waals surface area (Å²) in [5.74, 6) is 0. The molecule has 2 saturated heterocycles. The van der Waals surface area contributed by atoms with Crippen molar-refractivity contribution >= 4 is 17.4 Å². The van der Waals surface area contributed by atoms with E-state index in [0.717, 1.165) is 42.8 Å². The summed E-state index contributed by atoms with van der Waals surface area (Å²) in [6.07, 6.45) is 6.19. The van der Waals surface area contributed by atoms with Gasteiger partial charge in [0.1, 0.15) is 11.9 Å². The number of hydrogen-bond acceptors (Lipinski definition) is 6. The molecule has 8 nitrogen and oxygen atoms in total. The monoisotopic (exact) mass is 449 g/mol. The van der Waals surface area contributed by atoms with Crippen molar-refractivity contribution in [2.75, 3.05) is 24.5 Å². The van der Waals surface area contributed by atoms with Crippen LogP contribution in [0.3, 0.4) is 0 Å². The van der Waals surface area contributed by atoms with Gasteiger partial charge in [-0.05, 0) is 44.4 Å². The number of rotatable bonds is 5. The molecule has 174 valence electrons. The highest BCUT2D eigenvalue weighted by atomic mass is 16.6. The van der Waals surface area contributed by atoms with E-state index in [4.69, 9.17) is 4.74 Å². The van der Waals surface area contributed by atoms with Gasteiger partial charge in [0.05, 0.1) is 23.5 Å². The number of nitrogens with zero attached hydrogens (tertiary/aromatic N) is 5. The van der Waals surface area contributed by atoms with Gasteiger partial charge in [0.25, 0.3) is 0 Å². The Morgan fingerprint density at radius 1 is 1.18 bits per heavy atom. The maximum absolute atomic E-state index is 13.3. The maximum Gasteiger partial charge on any atom is 0.410 e. The van der Waals surface area contributed by atoms with E-state index in [0.29, 0.717) is 19.4 Å². The molecule has 33 heavy (non-hydrogen) atoms. The van der Waals surface area contributed by atoms with Crippen LogP contribution in [0.5, 0.6) is 0 Å². The highest BCUT2D eigenvalue weighted by molar-refractivity contribution is 5.70. The summed E-state index contributed by atoms with van der Waals surface area (Å²) in [4.78, 5) is 21.7. The minimum atomic E-state index is -0.958. The highest BCUT2D eigenvalue weighted by Crippen LogP contribution is 2.41. The number of fused-ring (bicyclic) bond motifs is 1. The Bertz CT molecular complexity index is 1130. The first-order valence-electron chi connectivity index (χ1n) is 11.6. The summed E-state index contributed by atoms with van der Waals surface area (Å²) in [6.45, 7) is 5.82. The van der Waals surface area contributed by atoms with Crippen LogP contribution in [-0.4, -0.2) is 62.0 Å². The molecule has 0 bridgehead atoms. The topological polar surface area (TPSA) is 83.2 Å². The van der Waals surface area contributed by atoms with E-state index in [-0.39, 0.29) is 12.1 Å². The number of hydrogen-bond donors (Lipinski definition) is 1. The van der Waals surface area contributed by atoms with Crippen molar-refractivity contribution in [3.8, 4) is 0 Å². The number of carbonyl (C=O) groups excluding carboxylic acids is 1. The first-order chi connectivity index (χ1) is 15.8. The first kappa shape index (κ1) is 21.7. The Morgan fingerprint density at radius 3 is 2.76 bits per heavy atom. The lowest BCUT2D eigenvalue weighted by Gasteiger charge is -2.47. The van der Waals surface area contributed by atoms with E-state index in [9.17, 15) is 9.90 Å². The van der Waals surface area contributed by atoms with Crippen LogP contribution >= 0.6 is 0 Å². The van der Waals surface area contributed by atoms with Gasteiger partial charge in [-0.25, -0.2) is 14.3 Å². The minimum absolute atomic E-state index is 0.0774. The average molecular weight is 450 g/mol. The number of aromatic nitrogens is 3. The second kappa shape index (κ2) is 8.33. The zero-order chi connectivity index (χ0) is 23.1. The fourth-order valence-electron chi connectivity index (χ4n) is 5.31. The fraction of sp³-hybridized carbons (Fsp3) is 0.480. The summed E-state index contributed by atoms with van der Waals surface area (Å²) in [5, 5.41) is 14.8. The molecule has 1 aromatic carbocycles. The van der Waals surface area contributed by atoms with E-state index in [2.05, 4.69) is 21.0 Å². The number of piperidine rings is 1. The molecule has 2 fully saturated rings. The molecule has 1 amide bonds. The molecule has 0 spiro atoms. The zero-order valence-corrected chi connectivity index (χ0v) is 19.2. The third-order valence-corrected chi connectivity index (χ3v) is 6.75. The lowest BCUT2D eigenvalue weighted by Crippen LogP contribution is -2.57. The van der Waals surface area contributed by atoms with Gasteiger partial charge in [-0.2, -0.15) is 5.10 Å². The number of pyridine rings is 1. The largest absolute Gasteiger partial charge is 0.438 e. The van der Waals surface area contributed by atoms with Crippen LogP contribution in [0.2, 0.25) is 0 Å². The van der Waals surface area contributed by atoms with Gasteiger partial charge >= 0.3 is 6.09 Å². The Kier molecular flexibility index (Phi) is 5.48. The highest BCUT2D eigenvalue weighted by Gasteiger charge is 2.47. The van der Waals surface area contributed by atoms with Crippen LogP contribution in [0.15, 0.2) is 55.0 Å². The zero-order valence-electron chi connectivity index (χ0n) is 19.2. The van der Waals surface area contributed by atoms with E-state index in [1.165, 1.54) is 0 Å². The smallest absolute Gasteiger partial charge is 0.410 e. The Hall–Kier alpha value is -3.13. The Balaban J connectivity index is 1.34. The maximum atomic E-state index is 13.3. The normalized spacial score (nSPS) is 24.2. The number of anilines is 1. The van der Waals surface area contributed by atoms with E-state index in [1.807, 2.05) is 47.5 Å². The summed E-state index contributed by atoms with van der Waals surface area (Å²) in [5.41, 5.74) is 1.05. The molecule has 2 aromatic heterocycles. The summed E-state index contributed by atoms with van der Waals surface area (Å²) < 4.78 is 7.95. The molecule has 2 aliphatic rings. The van der Waals surface area contributed by atoms with Gasteiger partial charge in [-0.1, -0.05) is 30.3 Å². The van der Waals surface area contributed by atoms with Gasteiger partial charge < -0.3 is 19.6 Å². The summed E-state index contributed by atoms with van der Waals surface area (Å²) in [7, 11) is 0. The number of amides is 1. The van der Waals surface area contributed by atoms with E-state index in [1.54, 1.807) is 24.7 Å². The van der Waals surface area contributed by atoms with Crippen LogP contribution in [-0.2, 0) is 10.3 Å². The number of cyclic esters (lactones) is 1. The SMILES string of the molecule is CC(C)(O)C[C@]1(c2ccccc2)CCN([C@H]2CCCN(c3ccc4ncnn4c3)C2)C(=O)O1. The number of benzene rings is 1. The molecular weight excluding hydrogens is 418 g/mol. The lowest BCUT2D eigenvalue weighted by molar-refractivity contribution is -0.102. The van der Waals surface area contributed by atoms with Crippen molar-refractivity contribution in [2.45, 2.75) is 56.8 Å². The lowest BCUT2D eigenvalue weighted by atomic mass is 9.80. The number of carbonyl (C=O) groups is 1. The van der Waals surface area contributed by atoms with Gasteiger partial charge in [0.2, 0.25) is 0 Å². The van der Waals surface area contributed by atoms with Gasteiger partial charge in [0, 0.05) is 32.5 Å². The predicted molar refractivity (Wildman–Crippen MR) is 125 cm³/mol. The van der Waals surface area contributed by atoms with Crippen LogP contribution in [0.25, 0.3) is 5.65 Å². The molecule has 0 radical (unpaired) electrons. The third kappa shape index (κ3) is 4.39. The van der Waals surface area contributed by atoms with Gasteiger partial charge in [-0.15, -0.1) is 0 Å². The summed E-state index contributed by atoms with van der Waals surface area (Å²) in [6, 6.07) is 13.9. The van der Waals surface area contributed by atoms with Gasteiger partial charge in [0.15, 0.2) is 5.65 Å². The molecule has 5 rings (SSSR count). The third-order valence-electron chi connectivity index (χ3n) is 6.75. The molecule has 8 heteroatoms. The van der Waals surface area contributed by atoms with Crippen molar-refractivity contribution in [3.63, 3.8) is 0 Å². The van der Waals surface area contributed by atoms with Crippen LogP contribution in [0.1, 0.15) is 45.1 Å². The van der Waals surface area contributed by atoms with E-state index < -0.39 is 11.2 Å². The van der Waals surface area contributed by atoms with Crippen LogP contribution in [0.4, 0.5) is 10.5 Å². The van der Waals surface area contributed by atoms with E-state index >= 15 is 0 Å². The van der Waals surface area contributed by atoms with Crippen molar-refractivity contribution < 1.29 is 14.6 Å². The second-order valence-corrected chi connectivity index (χ2v) is 9.85. The second-order valence-electron chi connectivity index (χ2n) is 9.85. The molecular formula is C25H31N5O3. The number of aliphatic hydroxyl groups is 1. The minimum Gasteiger partial charge on any atom is -0.438 e. The molecule has 3 aromatic rings. The fourth-order valence-corrected chi connectivity index (χ4v) is 5.31. The molecule has 0 unspecified atom stereocenters. The number of ether oxygens (including phenoxy) is 1. The molecule has 2 aliphatic heterocycles. The van der Waals surface area contributed by atoms with Crippen molar-refractivity contribution in [3.05, 3.63) is 60.6 Å². The predicted octanol–water partition coefficient (Wildman–Crippen LogP) is 3.60. The standard InChI is InChI=1S/C25H31N5O3/c1-24(2,32)17-25(19-7-4-3-5-8-19)12-14-29(23(31)33-25)21-9-6-13-28(15-21)20-10-11-22-26-18-27-30(22)16-20/h3-5,7-8,10-11,16,18,21,32H,6,9,12-15,17H2,1-2H3/t21-,25-/m0/s1. The molecule has 0 saturated carbocycles. The van der Waals surface area contributed by atoms with Crippen LogP contribution < -0.4 is 4.90 Å². The average Bonchev–Trinajstić information content (AvgIpc) is 3.27. The van der Waals surface area contributed by atoms with Crippen molar-refractivity contribution in [1.82, 2.24) is 19.5 Å². The molecule has 1 N–H and O–H groups in total. The molecule has 0 aliphatic carbocycles. The first-order valence-corrected chi connectivity index (χ1v) is 11.6. The van der Waals surface area contributed by atoms with Crippen molar-refractivity contribution in [1.29, 1.82) is 0 Å². The quantitative estimate of drug-likeness (QED) is 0.641. The Morgan fingerprint density at radius 2 is 2.00 bits per heavy atom. The molecule has 2 atom stereocenters. The van der Waals surface area contributed by atoms with Gasteiger partial charge in [-0.3, -0.25) is 0 Å². The Labute approximate surface area is 193 Å². The summed E-state index contributed by atoms with van der Waals surface area (Å²) >= 11 is 0. The molecule has 4 heterocycles.